The van der Waals surface area contributed by atoms with E-state index in [2.05, 4.69) is 31.3 Å². The molecule has 5 heterocycles. The van der Waals surface area contributed by atoms with Crippen molar-refractivity contribution in [2.24, 2.45) is 0 Å². The summed E-state index contributed by atoms with van der Waals surface area (Å²) in [4.78, 5) is 23.8. The highest BCUT2D eigenvalue weighted by atomic mass is 35.5. The summed E-state index contributed by atoms with van der Waals surface area (Å²) in [5.74, 6) is 3.03. The van der Waals surface area contributed by atoms with Gasteiger partial charge in [-0.15, -0.1) is 6.42 Å². The number of terminal acetylenes is 1. The van der Waals surface area contributed by atoms with Gasteiger partial charge in [-0.25, -0.2) is 9.37 Å². The zero-order chi connectivity index (χ0) is 27.3. The Balaban J connectivity index is 1.22. The smallest absolute Gasteiger partial charge is 0.257 e. The van der Waals surface area contributed by atoms with Crippen molar-refractivity contribution in [1.82, 2.24) is 15.1 Å². The molecule has 39 heavy (non-hydrogen) atoms. The van der Waals surface area contributed by atoms with Crippen LogP contribution in [-0.2, 0) is 0 Å². The molecule has 2 aliphatic heterocycles. The number of carbonyl (C=O) groups is 1. The minimum absolute atomic E-state index is 0.0304. The van der Waals surface area contributed by atoms with Gasteiger partial charge in [0.05, 0.1) is 38.8 Å². The standard InChI is InChI=1S/C29H22Cl2FN5O2/c1-3-16-13-33-7-6-19(16)20-11-23(30)21(12-25(20)32)29(38)35-17-9-24(31)28(34-14-17)37-18-4-5-26(37)22(10-18)27-8-15(2)36-39-27/h1,6-9,11-14,18,22,26H,4-5,10H2,2H3,(H,35,38)/t18-,22-,26+/m0/s1. The van der Waals surface area contributed by atoms with Crippen molar-refractivity contribution in [1.29, 1.82) is 0 Å². The maximum absolute atomic E-state index is 15.1. The molecule has 4 aromatic rings. The van der Waals surface area contributed by atoms with Crippen LogP contribution in [0, 0.1) is 25.1 Å². The fourth-order valence-corrected chi connectivity index (χ4v) is 6.26. The molecule has 0 saturated carbocycles. The number of fused-ring (bicyclic) bond motifs is 2. The average molecular weight is 562 g/mol. The highest BCUT2D eigenvalue weighted by Gasteiger charge is 2.49. The Bertz CT molecular complexity index is 1650. The van der Waals surface area contributed by atoms with Crippen molar-refractivity contribution >= 4 is 40.6 Å². The molecule has 1 N–H and O–H groups in total. The summed E-state index contributed by atoms with van der Waals surface area (Å²) < 4.78 is 20.6. The summed E-state index contributed by atoms with van der Waals surface area (Å²) in [5.41, 5.74) is 2.25. The number of halogens is 3. The van der Waals surface area contributed by atoms with E-state index in [9.17, 15) is 4.79 Å². The highest BCUT2D eigenvalue weighted by Crippen LogP contribution is 2.50. The Labute approximate surface area is 234 Å². The molecule has 6 rings (SSSR count). The number of aromatic nitrogens is 3. The largest absolute Gasteiger partial charge is 0.361 e. The number of aryl methyl sites for hydroxylation is 1. The summed E-state index contributed by atoms with van der Waals surface area (Å²) >= 11 is 13.1. The van der Waals surface area contributed by atoms with Gasteiger partial charge >= 0.3 is 0 Å². The van der Waals surface area contributed by atoms with Crippen LogP contribution in [0.25, 0.3) is 11.1 Å². The lowest BCUT2D eigenvalue weighted by molar-refractivity contribution is 0.102. The number of pyridine rings is 2. The molecular formula is C29H22Cl2FN5O2. The lowest BCUT2D eigenvalue weighted by Crippen LogP contribution is -2.30. The molecule has 2 fully saturated rings. The van der Waals surface area contributed by atoms with Crippen LogP contribution in [0.2, 0.25) is 10.0 Å². The summed E-state index contributed by atoms with van der Waals surface area (Å²) in [6.07, 6.45) is 13.0. The first-order valence-electron chi connectivity index (χ1n) is 12.4. The predicted octanol–water partition coefficient (Wildman–Crippen LogP) is 6.64. The number of carbonyl (C=O) groups excluding carboxylic acids is 1. The quantitative estimate of drug-likeness (QED) is 0.275. The van der Waals surface area contributed by atoms with E-state index >= 15 is 4.39 Å². The van der Waals surface area contributed by atoms with E-state index in [0.717, 1.165) is 36.8 Å². The normalized spacial score (nSPS) is 19.8. The van der Waals surface area contributed by atoms with E-state index < -0.39 is 11.7 Å². The molecule has 3 aromatic heterocycles. The molecule has 2 aliphatic rings. The number of anilines is 2. The average Bonchev–Trinajstić information content (AvgIpc) is 3.64. The van der Waals surface area contributed by atoms with E-state index in [4.69, 9.17) is 34.1 Å². The van der Waals surface area contributed by atoms with Crippen molar-refractivity contribution < 1.29 is 13.7 Å². The number of rotatable bonds is 5. The van der Waals surface area contributed by atoms with Gasteiger partial charge in [-0.05, 0) is 50.5 Å². The number of amides is 1. The van der Waals surface area contributed by atoms with E-state index in [1.165, 1.54) is 18.5 Å². The second-order valence-corrected chi connectivity index (χ2v) is 10.6. The van der Waals surface area contributed by atoms with Gasteiger partial charge in [0.15, 0.2) is 0 Å². The van der Waals surface area contributed by atoms with Gasteiger partial charge < -0.3 is 14.7 Å². The first-order valence-corrected chi connectivity index (χ1v) is 13.2. The molecule has 196 valence electrons. The first-order chi connectivity index (χ1) is 18.8. The molecule has 2 bridgehead atoms. The fraction of sp³-hybridized carbons (Fsp3) is 0.241. The first kappa shape index (κ1) is 25.4. The molecule has 7 nitrogen and oxygen atoms in total. The number of hydrogen-bond acceptors (Lipinski definition) is 6. The molecule has 1 aromatic carbocycles. The van der Waals surface area contributed by atoms with Gasteiger partial charge in [-0.2, -0.15) is 0 Å². The van der Waals surface area contributed by atoms with Crippen molar-refractivity contribution in [2.45, 2.75) is 44.2 Å². The van der Waals surface area contributed by atoms with Crippen LogP contribution in [0.15, 0.2) is 53.4 Å². The zero-order valence-corrected chi connectivity index (χ0v) is 22.3. The Morgan fingerprint density at radius 2 is 2.03 bits per heavy atom. The van der Waals surface area contributed by atoms with Gasteiger partial charge in [-0.3, -0.25) is 9.78 Å². The Morgan fingerprint density at radius 1 is 1.18 bits per heavy atom. The van der Waals surface area contributed by atoms with Gasteiger partial charge in [-0.1, -0.05) is 34.3 Å². The van der Waals surface area contributed by atoms with Gasteiger partial charge in [0, 0.05) is 47.6 Å². The topological polar surface area (TPSA) is 84.2 Å². The predicted molar refractivity (Wildman–Crippen MR) is 148 cm³/mol. The van der Waals surface area contributed by atoms with Crippen LogP contribution in [0.3, 0.4) is 0 Å². The number of nitrogens with zero attached hydrogens (tertiary/aromatic N) is 4. The van der Waals surface area contributed by atoms with E-state index in [-0.39, 0.29) is 28.1 Å². The van der Waals surface area contributed by atoms with Crippen molar-refractivity contribution in [2.75, 3.05) is 10.2 Å². The molecule has 0 spiro atoms. The van der Waals surface area contributed by atoms with Crippen LogP contribution in [0.5, 0.6) is 0 Å². The molecule has 0 aliphatic carbocycles. The molecule has 2 saturated heterocycles. The van der Waals surface area contributed by atoms with Crippen LogP contribution >= 0.6 is 23.2 Å². The van der Waals surface area contributed by atoms with Crippen molar-refractivity contribution in [3.63, 3.8) is 0 Å². The lowest BCUT2D eigenvalue weighted by Gasteiger charge is -2.25. The van der Waals surface area contributed by atoms with E-state index in [0.29, 0.717) is 33.7 Å². The molecule has 0 unspecified atom stereocenters. The molecule has 10 heteroatoms. The third-order valence-electron chi connectivity index (χ3n) is 7.44. The van der Waals surface area contributed by atoms with Crippen LogP contribution in [-0.4, -0.2) is 33.1 Å². The minimum atomic E-state index is -0.639. The molecule has 3 atom stereocenters. The Morgan fingerprint density at radius 3 is 2.77 bits per heavy atom. The summed E-state index contributed by atoms with van der Waals surface area (Å²) in [5, 5.41) is 7.25. The second kappa shape index (κ2) is 9.99. The number of nitrogens with one attached hydrogen (secondary N) is 1. The fourth-order valence-electron chi connectivity index (χ4n) is 5.74. The Hall–Kier alpha value is -3.93. The van der Waals surface area contributed by atoms with E-state index in [1.807, 2.05) is 13.0 Å². The SMILES string of the molecule is C#Cc1cnccc1-c1cc(Cl)c(C(=O)Nc2cnc(N3[C@H]4CC[C@@H]3[C@@H](c3cc(C)no3)C4)c(Cl)c2)cc1F. The monoisotopic (exact) mass is 561 g/mol. The lowest BCUT2D eigenvalue weighted by atomic mass is 9.87. The zero-order valence-electron chi connectivity index (χ0n) is 20.8. The van der Waals surface area contributed by atoms with E-state index in [1.54, 1.807) is 18.3 Å². The van der Waals surface area contributed by atoms with Crippen LogP contribution in [0.1, 0.15) is 52.6 Å². The van der Waals surface area contributed by atoms with Crippen molar-refractivity contribution in [3.05, 3.63) is 87.4 Å². The third-order valence-corrected chi connectivity index (χ3v) is 8.03. The van der Waals surface area contributed by atoms with Gasteiger partial charge in [0.25, 0.3) is 5.91 Å². The highest BCUT2D eigenvalue weighted by molar-refractivity contribution is 6.35. The van der Waals surface area contributed by atoms with Gasteiger partial charge in [0.2, 0.25) is 0 Å². The summed E-state index contributed by atoms with van der Waals surface area (Å²) in [6.45, 7) is 1.91. The number of hydrogen-bond donors (Lipinski definition) is 1. The van der Waals surface area contributed by atoms with Crippen LogP contribution in [0.4, 0.5) is 15.9 Å². The summed E-state index contributed by atoms with van der Waals surface area (Å²) in [7, 11) is 0. The summed E-state index contributed by atoms with van der Waals surface area (Å²) in [6, 6.07) is 8.20. The van der Waals surface area contributed by atoms with Gasteiger partial charge in [0.1, 0.15) is 17.4 Å². The minimum Gasteiger partial charge on any atom is -0.361 e. The van der Waals surface area contributed by atoms with Crippen molar-refractivity contribution in [3.8, 4) is 23.5 Å². The number of benzene rings is 1. The molecular weight excluding hydrogens is 540 g/mol. The second-order valence-electron chi connectivity index (χ2n) is 9.78. The molecule has 1 amide bonds. The maximum Gasteiger partial charge on any atom is 0.257 e. The van der Waals surface area contributed by atoms with Crippen LogP contribution < -0.4 is 10.2 Å². The maximum atomic E-state index is 15.1. The molecule has 0 radical (unpaired) electrons. The third kappa shape index (κ3) is 4.52. The Kier molecular flexibility index (Phi) is 6.49.